The van der Waals surface area contributed by atoms with E-state index in [9.17, 15) is 0 Å². The van der Waals surface area contributed by atoms with Crippen LogP contribution in [-0.4, -0.2) is 14.8 Å². The molecule has 1 aliphatic rings. The largest absolute Gasteiger partial charge is 0.401 e. The maximum atomic E-state index is 6.88. The van der Waals surface area contributed by atoms with Crippen LogP contribution in [0.1, 0.15) is 26.3 Å². The zero-order valence-corrected chi connectivity index (χ0v) is 26.6. The van der Waals surface area contributed by atoms with E-state index < -0.39 is 0 Å². The van der Waals surface area contributed by atoms with Crippen LogP contribution in [0.3, 0.4) is 0 Å². The van der Waals surface area contributed by atoms with Crippen LogP contribution in [0.25, 0.3) is 49.5 Å². The highest BCUT2D eigenvalue weighted by Crippen LogP contribution is 2.38. The predicted octanol–water partition coefficient (Wildman–Crippen LogP) is 10.3. The van der Waals surface area contributed by atoms with Gasteiger partial charge in [0.1, 0.15) is 6.67 Å². The lowest BCUT2D eigenvalue weighted by molar-refractivity contribution is 0.582. The summed E-state index contributed by atoms with van der Waals surface area (Å²) < 4.78 is 4.59. The van der Waals surface area contributed by atoms with E-state index in [1.807, 2.05) is 6.08 Å². The number of allylic oxidation sites excluding steroid dienone is 8. The van der Waals surface area contributed by atoms with Crippen molar-refractivity contribution in [1.29, 1.82) is 0 Å². The second-order valence-electron chi connectivity index (χ2n) is 12.3. The SMILES string of the molecule is C=C/C=C\C(=C/C)n1ccc2c1ccc1c3ccccc3n(C/N=C(\C3=C(N)C(C)(C)C=C3)c3ccccc3-c3ccccc3)c12. The number of hydrogen-bond acceptors (Lipinski definition) is 2. The average molecular weight is 599 g/mol. The molecule has 2 aromatic heterocycles. The maximum Gasteiger partial charge on any atom is 0.115 e. The summed E-state index contributed by atoms with van der Waals surface area (Å²) in [4.78, 5) is 5.48. The van der Waals surface area contributed by atoms with E-state index in [0.717, 1.165) is 50.4 Å². The zero-order valence-electron chi connectivity index (χ0n) is 26.6. The molecule has 1 aliphatic carbocycles. The van der Waals surface area contributed by atoms with Gasteiger partial charge in [-0.05, 0) is 42.3 Å². The molecule has 2 heterocycles. The van der Waals surface area contributed by atoms with Gasteiger partial charge in [0.05, 0.1) is 22.3 Å². The van der Waals surface area contributed by atoms with Crippen molar-refractivity contribution in [2.75, 3.05) is 0 Å². The second kappa shape index (κ2) is 11.7. The van der Waals surface area contributed by atoms with Crippen LogP contribution >= 0.6 is 0 Å². The fourth-order valence-electron chi connectivity index (χ4n) is 6.66. The van der Waals surface area contributed by atoms with Crippen molar-refractivity contribution in [3.05, 3.63) is 163 Å². The molecule has 0 unspecified atom stereocenters. The summed E-state index contributed by atoms with van der Waals surface area (Å²) in [5, 5.41) is 3.61. The van der Waals surface area contributed by atoms with Gasteiger partial charge in [0.15, 0.2) is 0 Å². The van der Waals surface area contributed by atoms with E-state index in [2.05, 4.69) is 164 Å². The Kier molecular flexibility index (Phi) is 7.42. The normalized spacial score (nSPS) is 15.3. The van der Waals surface area contributed by atoms with E-state index in [1.54, 1.807) is 6.08 Å². The van der Waals surface area contributed by atoms with Gasteiger partial charge < -0.3 is 14.9 Å². The molecule has 7 rings (SSSR count). The lowest BCUT2D eigenvalue weighted by atomic mass is 9.89. The molecule has 0 fully saturated rings. The van der Waals surface area contributed by atoms with Crippen molar-refractivity contribution >= 4 is 44.1 Å². The van der Waals surface area contributed by atoms with Gasteiger partial charge in [0.25, 0.3) is 0 Å². The molecule has 0 bridgehead atoms. The highest BCUT2D eigenvalue weighted by atomic mass is 15.1. The molecule has 4 nitrogen and oxygen atoms in total. The van der Waals surface area contributed by atoms with Crippen LogP contribution in [-0.2, 0) is 6.67 Å². The number of nitrogens with zero attached hydrogens (tertiary/aromatic N) is 3. The number of rotatable bonds is 8. The third-order valence-corrected chi connectivity index (χ3v) is 9.12. The molecule has 46 heavy (non-hydrogen) atoms. The number of aromatic nitrogens is 2. The fourth-order valence-corrected chi connectivity index (χ4v) is 6.66. The lowest BCUT2D eigenvalue weighted by Crippen LogP contribution is -2.20. The van der Waals surface area contributed by atoms with Gasteiger partial charge in [-0.15, -0.1) is 0 Å². The van der Waals surface area contributed by atoms with Crippen LogP contribution in [0.2, 0.25) is 0 Å². The Bertz CT molecular complexity index is 2280. The number of aliphatic imine (C=N–C) groups is 1. The average Bonchev–Trinajstić information content (AvgIpc) is 3.74. The third kappa shape index (κ3) is 4.83. The Balaban J connectivity index is 1.47. The minimum absolute atomic E-state index is 0.246. The highest BCUT2D eigenvalue weighted by molar-refractivity contribution is 6.19. The molecule has 0 saturated heterocycles. The molecule has 4 aromatic carbocycles. The first kappa shape index (κ1) is 29.1. The van der Waals surface area contributed by atoms with Crippen LogP contribution in [0.4, 0.5) is 0 Å². The summed E-state index contributed by atoms with van der Waals surface area (Å²) in [6, 6.07) is 34.3. The minimum atomic E-state index is -0.246. The molecule has 0 aliphatic heterocycles. The Morgan fingerprint density at radius 2 is 1.61 bits per heavy atom. The first-order valence-electron chi connectivity index (χ1n) is 15.8. The number of nitrogens with two attached hydrogens (primary N) is 1. The van der Waals surface area contributed by atoms with Crippen molar-refractivity contribution in [1.82, 2.24) is 9.13 Å². The van der Waals surface area contributed by atoms with Crippen molar-refractivity contribution < 1.29 is 0 Å². The molecule has 0 amide bonds. The highest BCUT2D eigenvalue weighted by Gasteiger charge is 2.29. The van der Waals surface area contributed by atoms with Gasteiger partial charge in [-0.2, -0.15) is 0 Å². The number of para-hydroxylation sites is 1. The summed E-state index contributed by atoms with van der Waals surface area (Å²) >= 11 is 0. The molecule has 0 spiro atoms. The molecule has 0 atom stereocenters. The number of hydrogen-bond donors (Lipinski definition) is 1. The van der Waals surface area contributed by atoms with Gasteiger partial charge in [0, 0.05) is 50.3 Å². The molecule has 0 radical (unpaired) electrons. The van der Waals surface area contributed by atoms with Gasteiger partial charge in [-0.1, -0.05) is 130 Å². The maximum absolute atomic E-state index is 6.88. The monoisotopic (exact) mass is 598 g/mol. The second-order valence-corrected chi connectivity index (χ2v) is 12.3. The summed E-state index contributed by atoms with van der Waals surface area (Å²) in [6.07, 6.45) is 14.5. The first-order chi connectivity index (χ1) is 22.4. The summed E-state index contributed by atoms with van der Waals surface area (Å²) in [5.41, 5.74) is 17.3. The van der Waals surface area contributed by atoms with Crippen molar-refractivity contribution in [3.63, 3.8) is 0 Å². The van der Waals surface area contributed by atoms with Crippen molar-refractivity contribution in [2.45, 2.75) is 27.4 Å². The summed E-state index contributed by atoms with van der Waals surface area (Å²) in [6.45, 7) is 10.7. The molecule has 226 valence electrons. The molecular formula is C42H38N4. The van der Waals surface area contributed by atoms with Gasteiger partial charge in [-0.25, -0.2) is 0 Å². The number of benzene rings is 4. The summed E-state index contributed by atoms with van der Waals surface area (Å²) in [7, 11) is 0. The van der Waals surface area contributed by atoms with E-state index in [0.29, 0.717) is 6.67 Å². The van der Waals surface area contributed by atoms with Gasteiger partial charge in [0.2, 0.25) is 0 Å². The topological polar surface area (TPSA) is 48.2 Å². The van der Waals surface area contributed by atoms with E-state index in [-0.39, 0.29) is 5.41 Å². The molecule has 6 aromatic rings. The zero-order chi connectivity index (χ0) is 31.8. The quantitative estimate of drug-likeness (QED) is 0.138. The lowest BCUT2D eigenvalue weighted by Gasteiger charge is -2.20. The Morgan fingerprint density at radius 3 is 2.37 bits per heavy atom. The van der Waals surface area contributed by atoms with E-state index in [4.69, 9.17) is 10.7 Å². The van der Waals surface area contributed by atoms with Crippen molar-refractivity contribution in [2.24, 2.45) is 16.1 Å². The minimum Gasteiger partial charge on any atom is -0.401 e. The van der Waals surface area contributed by atoms with Gasteiger partial charge in [-0.3, -0.25) is 4.99 Å². The Labute approximate surface area is 270 Å². The van der Waals surface area contributed by atoms with Crippen LogP contribution in [0, 0.1) is 5.41 Å². The Morgan fingerprint density at radius 1 is 0.848 bits per heavy atom. The van der Waals surface area contributed by atoms with E-state index >= 15 is 0 Å². The molecular weight excluding hydrogens is 560 g/mol. The van der Waals surface area contributed by atoms with Crippen LogP contribution < -0.4 is 5.73 Å². The molecule has 2 N–H and O–H groups in total. The van der Waals surface area contributed by atoms with Crippen LogP contribution in [0.5, 0.6) is 0 Å². The first-order valence-corrected chi connectivity index (χ1v) is 15.8. The van der Waals surface area contributed by atoms with E-state index in [1.165, 1.54) is 21.7 Å². The molecule has 0 saturated carbocycles. The predicted molar refractivity (Wildman–Crippen MR) is 197 cm³/mol. The third-order valence-electron chi connectivity index (χ3n) is 9.12. The Hall–Kier alpha value is -5.61. The fraction of sp³-hybridized carbons (Fsp3) is 0.119. The summed E-state index contributed by atoms with van der Waals surface area (Å²) in [5.74, 6) is 0. The smallest absolute Gasteiger partial charge is 0.115 e. The van der Waals surface area contributed by atoms with Crippen molar-refractivity contribution in [3.8, 4) is 11.1 Å². The standard InChI is InChI=1S/C42H38N4/c1-5-7-17-30(6-2)45-27-25-35-38(45)23-22-34-32-19-13-14-21-37(32)46(40(34)35)28-44-39(36-24-26-42(3,4)41(36)43)33-20-12-11-18-31(33)29-15-9-8-10-16-29/h5-27H,1,28,43H2,2-4H3/b17-7-,30-6+,44-39-. The number of fused-ring (bicyclic) bond motifs is 5. The van der Waals surface area contributed by atoms with Gasteiger partial charge >= 0.3 is 0 Å². The molecule has 4 heteroatoms. The van der Waals surface area contributed by atoms with Crippen LogP contribution in [0.15, 0.2) is 163 Å².